The Bertz CT molecular complexity index is 506. The summed E-state index contributed by atoms with van der Waals surface area (Å²) in [6.07, 6.45) is 1.15. The van der Waals surface area contributed by atoms with Crippen LogP contribution in [0, 0.1) is 5.41 Å². The molecule has 1 saturated heterocycles. The Hall–Kier alpha value is -1.46. The third-order valence-electron chi connectivity index (χ3n) is 4.30. The Morgan fingerprint density at radius 2 is 2.10 bits per heavy atom. The van der Waals surface area contributed by atoms with Gasteiger partial charge in [0.2, 0.25) is 6.79 Å². The van der Waals surface area contributed by atoms with Crippen molar-refractivity contribution in [3.05, 3.63) is 17.7 Å². The van der Waals surface area contributed by atoms with Crippen molar-refractivity contribution in [1.82, 2.24) is 4.90 Å². The highest BCUT2D eigenvalue weighted by Gasteiger charge is 2.33. The lowest BCUT2D eigenvalue weighted by atomic mass is 9.90. The fraction of sp³-hybridized carbons (Fsp3) is 0.600. The first-order valence-electron chi connectivity index (χ1n) is 7.02. The Kier molecular flexibility index (Phi) is 3.48. The van der Waals surface area contributed by atoms with Gasteiger partial charge < -0.3 is 19.9 Å². The Morgan fingerprint density at radius 1 is 1.35 bits per heavy atom. The van der Waals surface area contributed by atoms with E-state index in [4.69, 9.17) is 19.9 Å². The molecule has 0 bridgehead atoms. The van der Waals surface area contributed by atoms with E-state index in [0.717, 1.165) is 55.4 Å². The molecule has 0 amide bonds. The van der Waals surface area contributed by atoms with Crippen molar-refractivity contribution >= 4 is 0 Å². The minimum Gasteiger partial charge on any atom is -0.496 e. The minimum atomic E-state index is 0.240. The van der Waals surface area contributed by atoms with Gasteiger partial charge in [-0.3, -0.25) is 4.90 Å². The highest BCUT2D eigenvalue weighted by Crippen LogP contribution is 2.39. The number of likely N-dealkylation sites (tertiary alicyclic amines) is 1. The first kappa shape index (κ1) is 13.5. The van der Waals surface area contributed by atoms with E-state index in [9.17, 15) is 0 Å². The zero-order chi connectivity index (χ0) is 14.2. The molecule has 1 aromatic rings. The minimum absolute atomic E-state index is 0.240. The summed E-state index contributed by atoms with van der Waals surface area (Å²) in [4.78, 5) is 2.42. The van der Waals surface area contributed by atoms with Crippen molar-refractivity contribution in [2.24, 2.45) is 11.1 Å². The van der Waals surface area contributed by atoms with Crippen molar-refractivity contribution in [3.63, 3.8) is 0 Å². The van der Waals surface area contributed by atoms with Crippen LogP contribution in [-0.4, -0.2) is 38.4 Å². The van der Waals surface area contributed by atoms with Crippen LogP contribution in [0.2, 0.25) is 0 Å². The molecule has 0 aliphatic carbocycles. The zero-order valence-electron chi connectivity index (χ0n) is 12.1. The topological polar surface area (TPSA) is 57.0 Å². The van der Waals surface area contributed by atoms with E-state index >= 15 is 0 Å². The first-order valence-corrected chi connectivity index (χ1v) is 7.02. The molecule has 0 radical (unpaired) electrons. The maximum atomic E-state index is 5.87. The number of nitrogens with zero attached hydrogens (tertiary/aromatic N) is 1. The highest BCUT2D eigenvalue weighted by molar-refractivity contribution is 5.51. The molecule has 1 unspecified atom stereocenters. The van der Waals surface area contributed by atoms with Crippen LogP contribution in [0.1, 0.15) is 18.9 Å². The fourth-order valence-electron chi connectivity index (χ4n) is 2.95. The second-order valence-electron chi connectivity index (χ2n) is 5.99. The third kappa shape index (κ3) is 2.43. The van der Waals surface area contributed by atoms with Crippen LogP contribution < -0.4 is 19.9 Å². The van der Waals surface area contributed by atoms with E-state index in [1.54, 1.807) is 7.11 Å². The molecule has 1 atom stereocenters. The monoisotopic (exact) mass is 278 g/mol. The van der Waals surface area contributed by atoms with Gasteiger partial charge in [-0.15, -0.1) is 0 Å². The van der Waals surface area contributed by atoms with Crippen LogP contribution in [0.15, 0.2) is 12.1 Å². The molecule has 2 aliphatic heterocycles. The lowest BCUT2D eigenvalue weighted by Crippen LogP contribution is -2.31. The van der Waals surface area contributed by atoms with Gasteiger partial charge in [0, 0.05) is 24.7 Å². The molecule has 2 N–H and O–H groups in total. The maximum absolute atomic E-state index is 5.87. The number of methoxy groups -OCH3 is 1. The molecule has 0 saturated carbocycles. The molecule has 3 rings (SSSR count). The average Bonchev–Trinajstić information content (AvgIpc) is 3.05. The summed E-state index contributed by atoms with van der Waals surface area (Å²) in [5, 5.41) is 0. The molecule has 5 nitrogen and oxygen atoms in total. The summed E-state index contributed by atoms with van der Waals surface area (Å²) in [5.41, 5.74) is 7.24. The second-order valence-corrected chi connectivity index (χ2v) is 5.99. The van der Waals surface area contributed by atoms with E-state index in [1.807, 2.05) is 12.1 Å². The predicted octanol–water partition coefficient (Wildman–Crippen LogP) is 1.59. The standard InChI is InChI=1S/C15H22N2O3/c1-15(8-16)3-4-17(9-15)7-11-5-13-14(20-10-19-13)6-12(11)18-2/h5-6H,3-4,7-10,16H2,1-2H3. The van der Waals surface area contributed by atoms with Gasteiger partial charge >= 0.3 is 0 Å². The van der Waals surface area contributed by atoms with Crippen molar-refractivity contribution in [3.8, 4) is 17.2 Å². The van der Waals surface area contributed by atoms with E-state index < -0.39 is 0 Å². The van der Waals surface area contributed by atoms with Gasteiger partial charge in [0.15, 0.2) is 11.5 Å². The number of fused-ring (bicyclic) bond motifs is 1. The molecule has 20 heavy (non-hydrogen) atoms. The summed E-state index contributed by atoms with van der Waals surface area (Å²) < 4.78 is 16.3. The fourth-order valence-corrected chi connectivity index (χ4v) is 2.95. The summed E-state index contributed by atoms with van der Waals surface area (Å²) >= 11 is 0. The highest BCUT2D eigenvalue weighted by atomic mass is 16.7. The van der Waals surface area contributed by atoms with Crippen molar-refractivity contribution < 1.29 is 14.2 Å². The van der Waals surface area contributed by atoms with Crippen molar-refractivity contribution in [2.75, 3.05) is 33.5 Å². The smallest absolute Gasteiger partial charge is 0.231 e. The van der Waals surface area contributed by atoms with Crippen LogP contribution in [0.25, 0.3) is 0 Å². The Morgan fingerprint density at radius 3 is 2.75 bits per heavy atom. The first-order chi connectivity index (χ1) is 9.63. The maximum Gasteiger partial charge on any atom is 0.231 e. The summed E-state index contributed by atoms with van der Waals surface area (Å²) in [6, 6.07) is 3.94. The predicted molar refractivity (Wildman–Crippen MR) is 76.2 cm³/mol. The van der Waals surface area contributed by atoms with Gasteiger partial charge in [-0.2, -0.15) is 0 Å². The van der Waals surface area contributed by atoms with Crippen LogP contribution in [0.3, 0.4) is 0 Å². The number of rotatable bonds is 4. The van der Waals surface area contributed by atoms with Gasteiger partial charge in [0.25, 0.3) is 0 Å². The molecule has 0 aromatic heterocycles. The van der Waals surface area contributed by atoms with Gasteiger partial charge in [0.1, 0.15) is 5.75 Å². The number of hydrogen-bond donors (Lipinski definition) is 1. The van der Waals surface area contributed by atoms with E-state index in [1.165, 1.54) is 0 Å². The number of ether oxygens (including phenoxy) is 3. The third-order valence-corrected chi connectivity index (χ3v) is 4.30. The van der Waals surface area contributed by atoms with Crippen LogP contribution in [0.5, 0.6) is 17.2 Å². The van der Waals surface area contributed by atoms with Gasteiger partial charge in [-0.1, -0.05) is 6.92 Å². The average molecular weight is 278 g/mol. The number of hydrogen-bond acceptors (Lipinski definition) is 5. The normalized spacial score (nSPS) is 25.1. The molecular weight excluding hydrogens is 256 g/mol. The summed E-state index contributed by atoms with van der Waals surface area (Å²) in [6.45, 7) is 6.24. The van der Waals surface area contributed by atoms with Crippen LogP contribution in [0.4, 0.5) is 0 Å². The molecule has 0 spiro atoms. The van der Waals surface area contributed by atoms with Crippen molar-refractivity contribution in [1.29, 1.82) is 0 Å². The molecule has 2 aliphatic rings. The molecule has 1 fully saturated rings. The van der Waals surface area contributed by atoms with Crippen LogP contribution >= 0.6 is 0 Å². The van der Waals surface area contributed by atoms with Gasteiger partial charge in [-0.25, -0.2) is 0 Å². The molecule has 2 heterocycles. The second kappa shape index (κ2) is 5.14. The summed E-state index contributed by atoms with van der Waals surface area (Å²) in [5.74, 6) is 2.43. The largest absolute Gasteiger partial charge is 0.496 e. The van der Waals surface area contributed by atoms with Crippen LogP contribution in [-0.2, 0) is 6.54 Å². The Balaban J connectivity index is 1.78. The SMILES string of the molecule is COc1cc2c(cc1CN1CCC(C)(CN)C1)OCO2. The molecule has 1 aromatic carbocycles. The quantitative estimate of drug-likeness (QED) is 0.906. The zero-order valence-corrected chi connectivity index (χ0v) is 12.1. The number of benzene rings is 1. The van der Waals surface area contributed by atoms with Crippen molar-refractivity contribution in [2.45, 2.75) is 19.9 Å². The molecular formula is C15H22N2O3. The van der Waals surface area contributed by atoms with E-state index in [2.05, 4.69) is 11.8 Å². The Labute approximate surface area is 119 Å². The molecule has 5 heteroatoms. The van der Waals surface area contributed by atoms with Gasteiger partial charge in [0.05, 0.1) is 7.11 Å². The summed E-state index contributed by atoms with van der Waals surface area (Å²) in [7, 11) is 1.69. The molecule has 110 valence electrons. The van der Waals surface area contributed by atoms with E-state index in [0.29, 0.717) is 0 Å². The van der Waals surface area contributed by atoms with E-state index in [-0.39, 0.29) is 12.2 Å². The lowest BCUT2D eigenvalue weighted by Gasteiger charge is -2.23. The number of nitrogens with two attached hydrogens (primary N) is 1. The lowest BCUT2D eigenvalue weighted by molar-refractivity contribution is 0.174. The van der Waals surface area contributed by atoms with Gasteiger partial charge in [-0.05, 0) is 31.0 Å².